The highest BCUT2D eigenvalue weighted by atomic mass is 19.4. The number of aliphatic hydroxyl groups is 2. The maximum atomic E-state index is 12.9. The first-order valence-electron chi connectivity index (χ1n) is 7.47. The zero-order chi connectivity index (χ0) is 16.3. The summed E-state index contributed by atoms with van der Waals surface area (Å²) in [4.78, 5) is 1.77. The monoisotopic (exact) mass is 317 g/mol. The quantitative estimate of drug-likeness (QED) is 0.811. The molecular formula is C16H22F3NO2. The third-order valence-corrected chi connectivity index (χ3v) is 3.97. The lowest BCUT2D eigenvalue weighted by atomic mass is 10.0. The van der Waals surface area contributed by atoms with Gasteiger partial charge in [-0.25, -0.2) is 0 Å². The summed E-state index contributed by atoms with van der Waals surface area (Å²) in [7, 11) is 1.75. The Hall–Kier alpha value is -1.11. The first kappa shape index (κ1) is 17.2. The molecule has 1 aliphatic carbocycles. The average Bonchev–Trinajstić information content (AvgIpc) is 3.21. The Labute approximate surface area is 128 Å². The number of alkyl halides is 3. The summed E-state index contributed by atoms with van der Waals surface area (Å²) < 4.78 is 38.7. The fraction of sp³-hybridized carbons (Fsp3) is 0.625. The van der Waals surface area contributed by atoms with Gasteiger partial charge in [0, 0.05) is 19.5 Å². The van der Waals surface area contributed by atoms with Gasteiger partial charge in [0.15, 0.2) is 0 Å². The Morgan fingerprint density at radius 1 is 1.18 bits per heavy atom. The first-order valence-corrected chi connectivity index (χ1v) is 7.47. The Balaban J connectivity index is 1.90. The minimum atomic E-state index is -4.41. The molecule has 3 nitrogen and oxygen atoms in total. The Morgan fingerprint density at radius 3 is 2.41 bits per heavy atom. The molecule has 22 heavy (non-hydrogen) atoms. The predicted molar refractivity (Wildman–Crippen MR) is 77.4 cm³/mol. The topological polar surface area (TPSA) is 43.7 Å². The van der Waals surface area contributed by atoms with Crippen molar-refractivity contribution < 1.29 is 23.4 Å². The van der Waals surface area contributed by atoms with Crippen molar-refractivity contribution in [3.63, 3.8) is 0 Å². The molecule has 0 heterocycles. The van der Waals surface area contributed by atoms with Crippen LogP contribution in [0.5, 0.6) is 0 Å². The van der Waals surface area contributed by atoms with Crippen LogP contribution in [0.15, 0.2) is 24.3 Å². The summed E-state index contributed by atoms with van der Waals surface area (Å²) in [5.74, 6) is 0.338. The number of benzene rings is 1. The molecule has 1 aromatic carbocycles. The molecule has 0 aliphatic heterocycles. The summed E-state index contributed by atoms with van der Waals surface area (Å²) in [5, 5.41) is 19.9. The molecule has 2 atom stereocenters. The number of likely N-dealkylation sites (N-methyl/N-ethyl adjacent to an activating group) is 1. The Bertz CT molecular complexity index is 489. The minimum Gasteiger partial charge on any atom is -0.392 e. The van der Waals surface area contributed by atoms with Crippen LogP contribution >= 0.6 is 0 Å². The minimum absolute atomic E-state index is 0.0560. The van der Waals surface area contributed by atoms with Crippen molar-refractivity contribution in [3.05, 3.63) is 35.4 Å². The lowest BCUT2D eigenvalue weighted by molar-refractivity contribution is -0.138. The average molecular weight is 317 g/mol. The molecule has 0 amide bonds. The number of rotatable bonds is 7. The van der Waals surface area contributed by atoms with E-state index in [1.165, 1.54) is 18.2 Å². The van der Waals surface area contributed by atoms with Gasteiger partial charge in [-0.3, -0.25) is 0 Å². The van der Waals surface area contributed by atoms with Gasteiger partial charge in [0.25, 0.3) is 0 Å². The third kappa shape index (κ3) is 4.97. The van der Waals surface area contributed by atoms with Crippen LogP contribution in [-0.2, 0) is 12.6 Å². The molecule has 0 spiro atoms. The van der Waals surface area contributed by atoms with E-state index in [0.717, 1.165) is 18.9 Å². The normalized spacial score (nSPS) is 18.5. The molecule has 1 aromatic rings. The van der Waals surface area contributed by atoms with Gasteiger partial charge in [0.05, 0.1) is 17.8 Å². The van der Waals surface area contributed by atoms with E-state index < -0.39 is 23.9 Å². The van der Waals surface area contributed by atoms with E-state index >= 15 is 0 Å². The van der Waals surface area contributed by atoms with E-state index in [9.17, 15) is 23.4 Å². The molecule has 124 valence electrons. The second-order valence-electron chi connectivity index (χ2n) is 6.14. The van der Waals surface area contributed by atoms with Crippen molar-refractivity contribution in [2.75, 3.05) is 20.1 Å². The van der Waals surface area contributed by atoms with E-state index in [-0.39, 0.29) is 18.5 Å². The standard InChI is InChI=1S/C16H22F3NO2/c1-20(10-15(22)11-6-7-11)9-13(21)8-12-4-2-3-5-14(12)16(17,18)19/h2-5,11,13,15,21-22H,6-10H2,1H3. The van der Waals surface area contributed by atoms with E-state index in [2.05, 4.69) is 0 Å². The van der Waals surface area contributed by atoms with Crippen LogP contribution in [0.2, 0.25) is 0 Å². The van der Waals surface area contributed by atoms with Gasteiger partial charge in [-0.2, -0.15) is 13.2 Å². The molecule has 1 saturated carbocycles. The molecule has 1 fully saturated rings. The van der Waals surface area contributed by atoms with E-state index in [1.54, 1.807) is 11.9 Å². The molecule has 0 radical (unpaired) electrons. The predicted octanol–water partition coefficient (Wildman–Crippen LogP) is 2.31. The van der Waals surface area contributed by atoms with Crippen molar-refractivity contribution >= 4 is 0 Å². The highest BCUT2D eigenvalue weighted by molar-refractivity contribution is 5.30. The maximum absolute atomic E-state index is 12.9. The number of halogens is 3. The molecular weight excluding hydrogens is 295 g/mol. The summed E-state index contributed by atoms with van der Waals surface area (Å²) in [6, 6.07) is 5.31. The van der Waals surface area contributed by atoms with Crippen LogP contribution in [0.1, 0.15) is 24.0 Å². The van der Waals surface area contributed by atoms with Gasteiger partial charge in [-0.1, -0.05) is 18.2 Å². The molecule has 0 saturated heterocycles. The van der Waals surface area contributed by atoms with Crippen LogP contribution < -0.4 is 0 Å². The number of hydrogen-bond acceptors (Lipinski definition) is 3. The fourth-order valence-corrected chi connectivity index (χ4v) is 2.68. The largest absolute Gasteiger partial charge is 0.416 e. The summed E-state index contributed by atoms with van der Waals surface area (Å²) in [6.45, 7) is 0.665. The Kier molecular flexibility index (Phi) is 5.47. The van der Waals surface area contributed by atoms with Crippen molar-refractivity contribution in [3.8, 4) is 0 Å². The summed E-state index contributed by atoms with van der Waals surface area (Å²) in [5.41, 5.74) is -0.603. The van der Waals surface area contributed by atoms with Gasteiger partial charge in [0.2, 0.25) is 0 Å². The number of hydrogen-bond donors (Lipinski definition) is 2. The van der Waals surface area contributed by atoms with Crippen LogP contribution in [0.4, 0.5) is 13.2 Å². The van der Waals surface area contributed by atoms with Crippen molar-refractivity contribution in [2.24, 2.45) is 5.92 Å². The second kappa shape index (κ2) is 6.98. The molecule has 2 rings (SSSR count). The van der Waals surface area contributed by atoms with Crippen molar-refractivity contribution in [1.29, 1.82) is 0 Å². The van der Waals surface area contributed by atoms with Crippen LogP contribution in [-0.4, -0.2) is 47.5 Å². The number of aliphatic hydroxyl groups excluding tert-OH is 2. The SMILES string of the molecule is CN(CC(O)Cc1ccccc1C(F)(F)F)CC(O)C1CC1. The van der Waals surface area contributed by atoms with Gasteiger partial charge in [0.1, 0.15) is 0 Å². The van der Waals surface area contributed by atoms with Crippen LogP contribution in [0.3, 0.4) is 0 Å². The lowest BCUT2D eigenvalue weighted by Gasteiger charge is -2.24. The first-order chi connectivity index (χ1) is 10.3. The second-order valence-corrected chi connectivity index (χ2v) is 6.14. The zero-order valence-electron chi connectivity index (χ0n) is 12.6. The van der Waals surface area contributed by atoms with Gasteiger partial charge < -0.3 is 15.1 Å². The zero-order valence-corrected chi connectivity index (χ0v) is 12.6. The van der Waals surface area contributed by atoms with Crippen molar-refractivity contribution in [2.45, 2.75) is 37.6 Å². The molecule has 1 aliphatic rings. The van der Waals surface area contributed by atoms with E-state index in [0.29, 0.717) is 12.5 Å². The van der Waals surface area contributed by atoms with Crippen molar-refractivity contribution in [1.82, 2.24) is 4.90 Å². The summed E-state index contributed by atoms with van der Waals surface area (Å²) in [6.07, 6.45) is -3.74. The molecule has 6 heteroatoms. The highest BCUT2D eigenvalue weighted by Gasteiger charge is 2.33. The highest BCUT2D eigenvalue weighted by Crippen LogP contribution is 2.33. The molecule has 0 aromatic heterocycles. The smallest absolute Gasteiger partial charge is 0.392 e. The van der Waals surface area contributed by atoms with Gasteiger partial charge >= 0.3 is 6.18 Å². The molecule has 2 N–H and O–H groups in total. The van der Waals surface area contributed by atoms with Gasteiger partial charge in [-0.15, -0.1) is 0 Å². The van der Waals surface area contributed by atoms with Gasteiger partial charge in [-0.05, 0) is 37.4 Å². The van der Waals surface area contributed by atoms with E-state index in [4.69, 9.17) is 0 Å². The van der Waals surface area contributed by atoms with E-state index in [1.807, 2.05) is 0 Å². The fourth-order valence-electron chi connectivity index (χ4n) is 2.68. The Morgan fingerprint density at radius 2 is 1.82 bits per heavy atom. The molecule has 2 unspecified atom stereocenters. The third-order valence-electron chi connectivity index (χ3n) is 3.97. The van der Waals surface area contributed by atoms with Crippen LogP contribution in [0, 0.1) is 5.92 Å². The maximum Gasteiger partial charge on any atom is 0.416 e. The lowest BCUT2D eigenvalue weighted by Crippen LogP contribution is -2.36. The molecule has 0 bridgehead atoms. The van der Waals surface area contributed by atoms with Crippen LogP contribution in [0.25, 0.3) is 0 Å². The summed E-state index contributed by atoms with van der Waals surface area (Å²) >= 11 is 0. The number of nitrogens with zero attached hydrogens (tertiary/aromatic N) is 1.